The van der Waals surface area contributed by atoms with Crippen molar-refractivity contribution < 1.29 is 28.2 Å². The lowest BCUT2D eigenvalue weighted by atomic mass is 9.87. The van der Waals surface area contributed by atoms with Crippen LogP contribution >= 0.6 is 0 Å². The van der Waals surface area contributed by atoms with Gasteiger partial charge >= 0.3 is 6.09 Å². The fraction of sp³-hybridized carbons (Fsp3) is 0.462. The molecular formula is C26H35N3O6S. The zero-order valence-electron chi connectivity index (χ0n) is 20.9. The highest BCUT2D eigenvalue weighted by Gasteiger charge is 2.34. The van der Waals surface area contributed by atoms with E-state index >= 15 is 0 Å². The minimum Gasteiger partial charge on any atom is -0.497 e. The number of nitrogens with one attached hydrogen (secondary N) is 1. The Kier molecular flexibility index (Phi) is 10.7. The number of carboxylic acid groups (broad SMARTS) is 1. The molecule has 1 amide bonds. The molecule has 36 heavy (non-hydrogen) atoms. The van der Waals surface area contributed by atoms with Gasteiger partial charge in [-0.15, -0.1) is 0 Å². The number of nitrogens with zero attached hydrogens (tertiary/aromatic N) is 2. The predicted octanol–water partition coefficient (Wildman–Crippen LogP) is 3.65. The van der Waals surface area contributed by atoms with Crippen molar-refractivity contribution in [2.75, 3.05) is 20.2 Å². The van der Waals surface area contributed by atoms with Gasteiger partial charge in [-0.2, -0.15) is 9.57 Å². The van der Waals surface area contributed by atoms with Gasteiger partial charge in [-0.3, -0.25) is 0 Å². The van der Waals surface area contributed by atoms with Crippen LogP contribution in [0.25, 0.3) is 0 Å². The van der Waals surface area contributed by atoms with E-state index in [1.54, 1.807) is 12.1 Å². The highest BCUT2D eigenvalue weighted by Crippen LogP contribution is 2.29. The van der Waals surface area contributed by atoms with Crippen LogP contribution in [-0.4, -0.2) is 61.4 Å². The molecule has 0 fully saturated rings. The van der Waals surface area contributed by atoms with E-state index in [9.17, 15) is 23.4 Å². The molecule has 0 saturated heterocycles. The number of amides is 1. The zero-order chi connectivity index (χ0) is 26.8. The van der Waals surface area contributed by atoms with Gasteiger partial charge in [0.2, 0.25) is 10.0 Å². The Hall–Kier alpha value is -3.13. The van der Waals surface area contributed by atoms with Crippen LogP contribution in [0.2, 0.25) is 0 Å². The summed E-state index contributed by atoms with van der Waals surface area (Å²) in [6, 6.07) is 16.2. The fourth-order valence-electron chi connectivity index (χ4n) is 3.99. The molecule has 2 aromatic rings. The van der Waals surface area contributed by atoms with Crippen LogP contribution in [0.5, 0.6) is 5.75 Å². The molecule has 10 heteroatoms. The van der Waals surface area contributed by atoms with Crippen LogP contribution in [0.4, 0.5) is 4.79 Å². The van der Waals surface area contributed by atoms with E-state index in [0.29, 0.717) is 25.0 Å². The van der Waals surface area contributed by atoms with Crippen molar-refractivity contribution in [3.8, 4) is 11.8 Å². The van der Waals surface area contributed by atoms with Gasteiger partial charge in [0.1, 0.15) is 5.75 Å². The number of aliphatic hydroxyl groups excluding tert-OH is 1. The average Bonchev–Trinajstić information content (AvgIpc) is 2.83. The Labute approximate surface area is 213 Å². The third kappa shape index (κ3) is 8.82. The maximum absolute atomic E-state index is 13.7. The van der Waals surface area contributed by atoms with Crippen LogP contribution in [-0.2, 0) is 16.4 Å². The number of sulfonamides is 1. The number of ether oxygens (including phenoxy) is 1. The molecule has 0 aliphatic heterocycles. The van der Waals surface area contributed by atoms with E-state index in [-0.39, 0.29) is 24.4 Å². The van der Waals surface area contributed by atoms with Crippen LogP contribution in [0.15, 0.2) is 59.5 Å². The van der Waals surface area contributed by atoms with E-state index in [1.165, 1.54) is 23.5 Å². The van der Waals surface area contributed by atoms with Crippen molar-refractivity contribution in [3.05, 3.63) is 60.2 Å². The number of nitriles is 1. The van der Waals surface area contributed by atoms with Crippen molar-refractivity contribution in [2.45, 2.75) is 56.6 Å². The first kappa shape index (κ1) is 29.1. The molecule has 2 rings (SSSR count). The number of hydrogen-bond acceptors (Lipinski definition) is 6. The summed E-state index contributed by atoms with van der Waals surface area (Å²) in [7, 11) is -2.56. The number of unbranched alkanes of at least 4 members (excludes halogenated alkanes) is 1. The number of rotatable bonds is 14. The van der Waals surface area contributed by atoms with E-state index in [1.807, 2.05) is 44.2 Å². The van der Waals surface area contributed by atoms with Gasteiger partial charge in [0.05, 0.1) is 30.2 Å². The summed E-state index contributed by atoms with van der Waals surface area (Å²) in [5.74, 6) is 0.506. The predicted molar refractivity (Wildman–Crippen MR) is 136 cm³/mol. The van der Waals surface area contributed by atoms with Crippen LogP contribution in [0.3, 0.4) is 0 Å². The standard InChI is InChI=1S/C26H35N3O6S/c1-26(2,15-7-8-16-27)19-29(36(33,34)22-13-11-21(35-3)12-14-22)18-24(30)23(28-25(31)32)17-20-9-5-4-6-10-20/h4-6,9-14,23-24,28,30H,7-8,15,17-19H2,1-3H3,(H,31,32)/t23-,24+/m0/s1. The van der Waals surface area contributed by atoms with Gasteiger partial charge in [0, 0.05) is 19.5 Å². The lowest BCUT2D eigenvalue weighted by Gasteiger charge is -2.35. The topological polar surface area (TPSA) is 140 Å². The van der Waals surface area contributed by atoms with Crippen molar-refractivity contribution in [3.63, 3.8) is 0 Å². The first-order chi connectivity index (χ1) is 17.0. The van der Waals surface area contributed by atoms with Gasteiger partial charge in [0.15, 0.2) is 0 Å². The molecule has 0 heterocycles. The second kappa shape index (κ2) is 13.3. The normalized spacial score (nSPS) is 13.6. The number of benzene rings is 2. The van der Waals surface area contributed by atoms with Gasteiger partial charge in [-0.1, -0.05) is 44.2 Å². The highest BCUT2D eigenvalue weighted by atomic mass is 32.2. The number of methoxy groups -OCH3 is 1. The molecule has 0 bridgehead atoms. The number of hydrogen-bond donors (Lipinski definition) is 3. The number of carbonyl (C=O) groups is 1. The Morgan fingerprint density at radius 1 is 1.17 bits per heavy atom. The molecule has 196 valence electrons. The summed E-state index contributed by atoms with van der Waals surface area (Å²) in [4.78, 5) is 11.5. The Morgan fingerprint density at radius 2 is 1.81 bits per heavy atom. The molecule has 0 aliphatic carbocycles. The lowest BCUT2D eigenvalue weighted by Crippen LogP contribution is -2.51. The second-order valence-corrected chi connectivity index (χ2v) is 11.4. The molecule has 0 saturated carbocycles. The largest absolute Gasteiger partial charge is 0.497 e. The monoisotopic (exact) mass is 517 g/mol. The van der Waals surface area contributed by atoms with Gasteiger partial charge in [-0.05, 0) is 54.5 Å². The van der Waals surface area contributed by atoms with Crippen molar-refractivity contribution in [1.29, 1.82) is 5.26 Å². The van der Waals surface area contributed by atoms with Crippen LogP contribution in [0.1, 0.15) is 38.7 Å². The minimum atomic E-state index is -4.04. The first-order valence-electron chi connectivity index (χ1n) is 11.7. The van der Waals surface area contributed by atoms with Crippen molar-refractivity contribution >= 4 is 16.1 Å². The Balaban J connectivity index is 2.36. The van der Waals surface area contributed by atoms with E-state index in [4.69, 9.17) is 10.00 Å². The summed E-state index contributed by atoms with van der Waals surface area (Å²) < 4.78 is 33.7. The van der Waals surface area contributed by atoms with E-state index in [2.05, 4.69) is 11.4 Å². The molecular weight excluding hydrogens is 482 g/mol. The summed E-state index contributed by atoms with van der Waals surface area (Å²) in [5.41, 5.74) is 0.308. The minimum absolute atomic E-state index is 0.0362. The van der Waals surface area contributed by atoms with E-state index < -0.39 is 33.7 Å². The summed E-state index contributed by atoms with van der Waals surface area (Å²) in [6.45, 7) is 3.58. The van der Waals surface area contributed by atoms with Gasteiger partial charge in [0.25, 0.3) is 0 Å². The third-order valence-electron chi connectivity index (χ3n) is 5.91. The Morgan fingerprint density at radius 3 is 2.36 bits per heavy atom. The smallest absolute Gasteiger partial charge is 0.404 e. The van der Waals surface area contributed by atoms with E-state index in [0.717, 1.165) is 5.56 Å². The Bertz CT molecular complexity index is 1110. The second-order valence-electron chi connectivity index (χ2n) is 9.46. The molecule has 0 aliphatic rings. The summed E-state index contributed by atoms with van der Waals surface area (Å²) >= 11 is 0. The zero-order valence-corrected chi connectivity index (χ0v) is 21.7. The summed E-state index contributed by atoms with van der Waals surface area (Å²) in [6.07, 6.45) is -0.860. The molecule has 0 spiro atoms. The van der Waals surface area contributed by atoms with Crippen LogP contribution < -0.4 is 10.1 Å². The SMILES string of the molecule is COc1ccc(S(=O)(=O)N(C[C@@H](O)[C@H](Cc2ccccc2)NC(=O)O)CC(C)(C)CCCC#N)cc1. The molecule has 2 aromatic carbocycles. The molecule has 0 unspecified atom stereocenters. The first-order valence-corrected chi connectivity index (χ1v) is 13.1. The third-order valence-corrected chi connectivity index (χ3v) is 7.73. The maximum Gasteiger partial charge on any atom is 0.404 e. The molecule has 2 atom stereocenters. The molecule has 0 radical (unpaired) electrons. The van der Waals surface area contributed by atoms with Crippen molar-refractivity contribution in [1.82, 2.24) is 9.62 Å². The van der Waals surface area contributed by atoms with Crippen molar-refractivity contribution in [2.24, 2.45) is 5.41 Å². The average molecular weight is 518 g/mol. The fourth-order valence-corrected chi connectivity index (χ4v) is 5.64. The van der Waals surface area contributed by atoms with Gasteiger partial charge in [-0.25, -0.2) is 13.2 Å². The lowest BCUT2D eigenvalue weighted by molar-refractivity contribution is 0.0904. The summed E-state index contributed by atoms with van der Waals surface area (Å²) in [5, 5.41) is 31.7. The van der Waals surface area contributed by atoms with Gasteiger partial charge < -0.3 is 20.3 Å². The quantitative estimate of drug-likeness (QED) is 0.325. The molecule has 3 N–H and O–H groups in total. The molecule has 9 nitrogen and oxygen atoms in total. The molecule has 0 aromatic heterocycles. The van der Waals surface area contributed by atoms with Crippen LogP contribution in [0, 0.1) is 16.7 Å². The highest BCUT2D eigenvalue weighted by molar-refractivity contribution is 7.89. The number of aliphatic hydroxyl groups is 1. The maximum atomic E-state index is 13.7.